The normalized spacial score (nSPS) is 11.6. The first-order valence-corrected chi connectivity index (χ1v) is 8.92. The summed E-state index contributed by atoms with van der Waals surface area (Å²) in [5.74, 6) is 0.333. The van der Waals surface area contributed by atoms with Crippen molar-refractivity contribution in [3.8, 4) is 0 Å². The highest BCUT2D eigenvalue weighted by Crippen LogP contribution is 2.17. The van der Waals surface area contributed by atoms with Crippen LogP contribution in [0.15, 0.2) is 12.7 Å². The average Bonchev–Trinajstić information content (AvgIpc) is 2.21. The molecule has 0 amide bonds. The average molecular weight is 244 g/mol. The van der Waals surface area contributed by atoms with Crippen molar-refractivity contribution in [3.05, 3.63) is 12.7 Å². The minimum absolute atomic E-state index is 0.322. The molecule has 0 bridgehead atoms. The summed E-state index contributed by atoms with van der Waals surface area (Å²) in [5.41, 5.74) is 0. The Labute approximate surface area is 100.0 Å². The molecule has 0 saturated heterocycles. The van der Waals surface area contributed by atoms with Gasteiger partial charge in [0.2, 0.25) is 0 Å². The van der Waals surface area contributed by atoms with Gasteiger partial charge in [0, 0.05) is 6.08 Å². The van der Waals surface area contributed by atoms with Gasteiger partial charge in [0.15, 0.2) is 8.32 Å². The first-order chi connectivity index (χ1) is 7.37. The number of ether oxygens (including phenoxy) is 1. The van der Waals surface area contributed by atoms with Gasteiger partial charge >= 0.3 is 5.97 Å². The maximum Gasteiger partial charge on any atom is 0.330 e. The predicted molar refractivity (Wildman–Crippen MR) is 68.9 cm³/mol. The Morgan fingerprint density at radius 3 is 2.50 bits per heavy atom. The van der Waals surface area contributed by atoms with E-state index in [-0.39, 0.29) is 5.97 Å². The molecular formula is C12H24O3Si. The van der Waals surface area contributed by atoms with Crippen molar-refractivity contribution in [2.24, 2.45) is 5.92 Å². The van der Waals surface area contributed by atoms with Crippen LogP contribution in [0.25, 0.3) is 0 Å². The lowest BCUT2D eigenvalue weighted by Gasteiger charge is -2.23. The van der Waals surface area contributed by atoms with Crippen molar-refractivity contribution in [3.63, 3.8) is 0 Å². The van der Waals surface area contributed by atoms with E-state index in [0.717, 1.165) is 6.04 Å². The van der Waals surface area contributed by atoms with E-state index in [1.807, 2.05) is 0 Å². The summed E-state index contributed by atoms with van der Waals surface area (Å²) >= 11 is 0. The third-order valence-electron chi connectivity index (χ3n) is 2.31. The Kier molecular flexibility index (Phi) is 7.33. The van der Waals surface area contributed by atoms with Gasteiger partial charge in [-0.3, -0.25) is 0 Å². The Balaban J connectivity index is 3.65. The van der Waals surface area contributed by atoms with Gasteiger partial charge in [0.05, 0.1) is 6.61 Å². The van der Waals surface area contributed by atoms with Crippen molar-refractivity contribution in [2.45, 2.75) is 39.4 Å². The van der Waals surface area contributed by atoms with Gasteiger partial charge in [-0.15, -0.1) is 0 Å². The van der Waals surface area contributed by atoms with E-state index in [1.54, 1.807) is 0 Å². The molecule has 0 aliphatic carbocycles. The fraction of sp³-hybridized carbons (Fsp3) is 0.750. The van der Waals surface area contributed by atoms with Gasteiger partial charge < -0.3 is 9.16 Å². The van der Waals surface area contributed by atoms with Gasteiger partial charge in [-0.2, -0.15) is 0 Å². The Morgan fingerprint density at radius 1 is 1.38 bits per heavy atom. The fourth-order valence-corrected chi connectivity index (χ4v) is 3.28. The minimum Gasteiger partial charge on any atom is -0.460 e. The second-order valence-corrected chi connectivity index (χ2v) is 9.22. The van der Waals surface area contributed by atoms with Crippen molar-refractivity contribution < 1.29 is 14.0 Å². The second-order valence-electron chi connectivity index (χ2n) is 4.91. The van der Waals surface area contributed by atoms with Crippen molar-refractivity contribution >= 4 is 14.3 Å². The molecule has 0 spiro atoms. The first kappa shape index (κ1) is 15.4. The van der Waals surface area contributed by atoms with Crippen LogP contribution in [0, 0.1) is 5.92 Å². The molecule has 4 heteroatoms. The van der Waals surface area contributed by atoms with Crippen LogP contribution in [0.3, 0.4) is 0 Å². The highest BCUT2D eigenvalue weighted by Gasteiger charge is 2.22. The molecule has 0 radical (unpaired) electrons. The summed E-state index contributed by atoms with van der Waals surface area (Å²) in [6.45, 7) is 13.0. The van der Waals surface area contributed by atoms with E-state index in [4.69, 9.17) is 9.16 Å². The number of hydrogen-bond acceptors (Lipinski definition) is 3. The number of carbonyl (C=O) groups excluding carboxylic acids is 1. The molecule has 0 aromatic heterocycles. The first-order valence-electron chi connectivity index (χ1n) is 5.80. The largest absolute Gasteiger partial charge is 0.460 e. The zero-order valence-corrected chi connectivity index (χ0v) is 11.9. The van der Waals surface area contributed by atoms with Crippen molar-refractivity contribution in [1.29, 1.82) is 0 Å². The fourth-order valence-electron chi connectivity index (χ4n) is 1.23. The summed E-state index contributed by atoms with van der Waals surface area (Å²) in [5, 5.41) is 0. The van der Waals surface area contributed by atoms with Crippen molar-refractivity contribution in [1.82, 2.24) is 0 Å². The van der Waals surface area contributed by atoms with E-state index in [1.165, 1.54) is 12.5 Å². The third kappa shape index (κ3) is 8.68. The molecule has 0 N–H and O–H groups in total. The van der Waals surface area contributed by atoms with Gasteiger partial charge in [0.25, 0.3) is 0 Å². The van der Waals surface area contributed by atoms with Gasteiger partial charge in [-0.05, 0) is 25.1 Å². The van der Waals surface area contributed by atoms with Crippen LogP contribution in [0.1, 0.15) is 20.3 Å². The predicted octanol–water partition coefficient (Wildman–Crippen LogP) is 2.98. The summed E-state index contributed by atoms with van der Waals surface area (Å²) in [7, 11) is -1.57. The number of esters is 1. The molecular weight excluding hydrogens is 220 g/mol. The zero-order valence-electron chi connectivity index (χ0n) is 10.9. The zero-order chi connectivity index (χ0) is 12.6. The molecule has 0 aromatic rings. The number of rotatable bonds is 8. The molecule has 0 fully saturated rings. The van der Waals surface area contributed by atoms with E-state index in [2.05, 4.69) is 33.5 Å². The van der Waals surface area contributed by atoms with Crippen LogP contribution in [-0.2, 0) is 14.0 Å². The highest BCUT2D eigenvalue weighted by atomic mass is 28.4. The topological polar surface area (TPSA) is 35.5 Å². The van der Waals surface area contributed by atoms with Crippen LogP contribution in [-0.4, -0.2) is 27.5 Å². The summed E-state index contributed by atoms with van der Waals surface area (Å²) in [4.78, 5) is 10.8. The summed E-state index contributed by atoms with van der Waals surface area (Å²) in [6.07, 6.45) is 2.37. The lowest BCUT2D eigenvalue weighted by atomic mass is 10.2. The van der Waals surface area contributed by atoms with Crippen molar-refractivity contribution in [2.75, 3.05) is 13.2 Å². The Hall–Kier alpha value is -0.613. The summed E-state index contributed by atoms with van der Waals surface area (Å²) in [6, 6.07) is 1.15. The summed E-state index contributed by atoms with van der Waals surface area (Å²) < 4.78 is 10.7. The van der Waals surface area contributed by atoms with Gasteiger partial charge in [0.1, 0.15) is 6.61 Å². The van der Waals surface area contributed by atoms with Crippen LogP contribution in [0.4, 0.5) is 0 Å². The monoisotopic (exact) mass is 244 g/mol. The SMILES string of the molecule is C=CC(=O)OCCO[Si](C)(C)CCC(C)C. The molecule has 3 nitrogen and oxygen atoms in total. The quantitative estimate of drug-likeness (QED) is 0.285. The third-order valence-corrected chi connectivity index (χ3v) is 4.79. The molecule has 0 aliphatic rings. The minimum atomic E-state index is -1.57. The molecule has 0 rings (SSSR count). The second kappa shape index (κ2) is 7.63. The van der Waals surface area contributed by atoms with E-state index < -0.39 is 8.32 Å². The van der Waals surface area contributed by atoms with Gasteiger partial charge in [-0.1, -0.05) is 26.8 Å². The number of hydrogen-bond donors (Lipinski definition) is 0. The smallest absolute Gasteiger partial charge is 0.330 e. The molecule has 16 heavy (non-hydrogen) atoms. The Morgan fingerprint density at radius 2 is 2.00 bits per heavy atom. The van der Waals surface area contributed by atoms with E-state index >= 15 is 0 Å². The molecule has 0 aromatic carbocycles. The standard InChI is InChI=1S/C12H24O3Si/c1-6-12(13)14-8-9-15-16(4,5)10-7-11(2)3/h6,11H,1,7-10H2,2-5H3. The van der Waals surface area contributed by atoms with Crippen LogP contribution < -0.4 is 0 Å². The lowest BCUT2D eigenvalue weighted by molar-refractivity contribution is -0.138. The van der Waals surface area contributed by atoms with Crippen LogP contribution in [0.2, 0.25) is 19.1 Å². The molecule has 0 atom stereocenters. The van der Waals surface area contributed by atoms with Gasteiger partial charge in [-0.25, -0.2) is 4.79 Å². The van der Waals surface area contributed by atoms with Crippen LogP contribution >= 0.6 is 0 Å². The molecule has 94 valence electrons. The van der Waals surface area contributed by atoms with E-state index in [9.17, 15) is 4.79 Å². The molecule has 0 saturated carbocycles. The molecule has 0 unspecified atom stereocenters. The maximum absolute atomic E-state index is 10.8. The Bertz CT molecular complexity index is 224. The number of carbonyl (C=O) groups is 1. The molecule has 0 heterocycles. The highest BCUT2D eigenvalue weighted by molar-refractivity contribution is 6.71. The lowest BCUT2D eigenvalue weighted by Crippen LogP contribution is -2.32. The maximum atomic E-state index is 10.8. The van der Waals surface area contributed by atoms with E-state index in [0.29, 0.717) is 19.1 Å². The molecule has 0 aliphatic heterocycles. The van der Waals surface area contributed by atoms with Crippen LogP contribution in [0.5, 0.6) is 0 Å².